The second-order valence-corrected chi connectivity index (χ2v) is 5.43. The van der Waals surface area contributed by atoms with Crippen LogP contribution in [0.3, 0.4) is 0 Å². The molecule has 2 rings (SSSR count). The molecule has 0 aliphatic carbocycles. The maximum atomic E-state index is 10.9. The number of aromatic nitrogens is 2. The van der Waals surface area contributed by atoms with E-state index < -0.39 is 0 Å². The molecule has 1 amide bonds. The van der Waals surface area contributed by atoms with Crippen LogP contribution in [-0.4, -0.2) is 28.4 Å². The van der Waals surface area contributed by atoms with Crippen LogP contribution >= 0.6 is 11.8 Å². The van der Waals surface area contributed by atoms with Gasteiger partial charge in [0.15, 0.2) is 5.82 Å². The SMILES string of the molecule is COc1ccc(-c2nc(CS[C@H](C)C(N)=O)no2)cc1. The van der Waals surface area contributed by atoms with Gasteiger partial charge in [-0.25, -0.2) is 0 Å². The van der Waals surface area contributed by atoms with Crippen molar-refractivity contribution in [1.82, 2.24) is 10.1 Å². The zero-order chi connectivity index (χ0) is 14.5. The normalized spacial score (nSPS) is 12.1. The highest BCUT2D eigenvalue weighted by atomic mass is 32.2. The van der Waals surface area contributed by atoms with Crippen molar-refractivity contribution >= 4 is 17.7 Å². The van der Waals surface area contributed by atoms with Gasteiger partial charge >= 0.3 is 0 Å². The number of amides is 1. The number of thioether (sulfide) groups is 1. The van der Waals surface area contributed by atoms with Crippen LogP contribution in [0.15, 0.2) is 28.8 Å². The fraction of sp³-hybridized carbons (Fsp3) is 0.308. The molecular formula is C13H15N3O3S. The predicted molar refractivity (Wildman–Crippen MR) is 76.2 cm³/mol. The number of hydrogen-bond donors (Lipinski definition) is 1. The lowest BCUT2D eigenvalue weighted by atomic mass is 10.2. The van der Waals surface area contributed by atoms with Crippen molar-refractivity contribution in [3.8, 4) is 17.2 Å². The van der Waals surface area contributed by atoms with Crippen molar-refractivity contribution in [2.24, 2.45) is 5.73 Å². The average molecular weight is 293 g/mol. The number of nitrogens with two attached hydrogens (primary N) is 1. The maximum Gasteiger partial charge on any atom is 0.257 e. The summed E-state index contributed by atoms with van der Waals surface area (Å²) >= 11 is 1.37. The van der Waals surface area contributed by atoms with Gasteiger partial charge in [-0.15, -0.1) is 11.8 Å². The van der Waals surface area contributed by atoms with Crippen molar-refractivity contribution in [3.05, 3.63) is 30.1 Å². The van der Waals surface area contributed by atoms with E-state index in [0.29, 0.717) is 17.5 Å². The predicted octanol–water partition coefficient (Wildman–Crippen LogP) is 1.85. The summed E-state index contributed by atoms with van der Waals surface area (Å²) in [5.41, 5.74) is 6.00. The Hall–Kier alpha value is -2.02. The molecule has 20 heavy (non-hydrogen) atoms. The van der Waals surface area contributed by atoms with Crippen molar-refractivity contribution in [1.29, 1.82) is 0 Å². The molecule has 1 atom stereocenters. The van der Waals surface area contributed by atoms with Crippen molar-refractivity contribution in [3.63, 3.8) is 0 Å². The summed E-state index contributed by atoms with van der Waals surface area (Å²) in [6, 6.07) is 7.33. The fourth-order valence-corrected chi connectivity index (χ4v) is 2.13. The molecule has 0 bridgehead atoms. The Balaban J connectivity index is 2.02. The lowest BCUT2D eigenvalue weighted by molar-refractivity contribution is -0.117. The molecule has 0 spiro atoms. The lowest BCUT2D eigenvalue weighted by Crippen LogP contribution is -2.22. The van der Waals surface area contributed by atoms with Crippen LogP contribution < -0.4 is 10.5 Å². The molecule has 0 saturated carbocycles. The molecule has 6 nitrogen and oxygen atoms in total. The average Bonchev–Trinajstić information content (AvgIpc) is 2.93. The van der Waals surface area contributed by atoms with Crippen LogP contribution in [0, 0.1) is 0 Å². The number of nitrogens with zero attached hydrogens (tertiary/aromatic N) is 2. The Morgan fingerprint density at radius 3 is 2.75 bits per heavy atom. The van der Waals surface area contributed by atoms with Gasteiger partial charge in [-0.05, 0) is 31.2 Å². The van der Waals surface area contributed by atoms with Gasteiger partial charge in [0.05, 0.1) is 18.1 Å². The number of hydrogen-bond acceptors (Lipinski definition) is 6. The van der Waals surface area contributed by atoms with Gasteiger partial charge in [0, 0.05) is 5.56 Å². The first-order chi connectivity index (χ1) is 9.60. The molecule has 0 saturated heterocycles. The van der Waals surface area contributed by atoms with E-state index in [0.717, 1.165) is 11.3 Å². The Morgan fingerprint density at radius 1 is 1.45 bits per heavy atom. The highest BCUT2D eigenvalue weighted by Crippen LogP contribution is 2.22. The number of carbonyl (C=O) groups excluding carboxylic acids is 1. The molecule has 0 unspecified atom stereocenters. The highest BCUT2D eigenvalue weighted by Gasteiger charge is 2.13. The van der Waals surface area contributed by atoms with E-state index in [4.69, 9.17) is 15.0 Å². The molecule has 2 aromatic rings. The minimum atomic E-state index is -0.353. The van der Waals surface area contributed by atoms with Gasteiger partial charge < -0.3 is 15.0 Å². The van der Waals surface area contributed by atoms with Crippen LogP contribution in [-0.2, 0) is 10.5 Å². The smallest absolute Gasteiger partial charge is 0.257 e. The number of rotatable bonds is 6. The minimum absolute atomic E-state index is 0.280. The molecule has 0 aliphatic heterocycles. The quantitative estimate of drug-likeness (QED) is 0.874. The highest BCUT2D eigenvalue weighted by molar-refractivity contribution is 7.99. The molecule has 1 aromatic carbocycles. The minimum Gasteiger partial charge on any atom is -0.497 e. The van der Waals surface area contributed by atoms with E-state index >= 15 is 0 Å². The van der Waals surface area contributed by atoms with Crippen LogP contribution in [0.25, 0.3) is 11.5 Å². The number of carbonyl (C=O) groups is 1. The van der Waals surface area contributed by atoms with Crippen LogP contribution in [0.2, 0.25) is 0 Å². The Morgan fingerprint density at radius 2 is 2.15 bits per heavy atom. The summed E-state index contributed by atoms with van der Waals surface area (Å²) < 4.78 is 10.3. The zero-order valence-corrected chi connectivity index (χ0v) is 12.0. The third-order valence-corrected chi connectivity index (χ3v) is 3.83. The van der Waals surface area contributed by atoms with Crippen molar-refractivity contribution in [2.45, 2.75) is 17.9 Å². The second-order valence-electron chi connectivity index (χ2n) is 4.10. The van der Waals surface area contributed by atoms with Crippen molar-refractivity contribution in [2.75, 3.05) is 7.11 Å². The molecule has 0 radical (unpaired) electrons. The topological polar surface area (TPSA) is 91.2 Å². The van der Waals surface area contributed by atoms with E-state index in [9.17, 15) is 4.79 Å². The van der Waals surface area contributed by atoms with Crippen LogP contribution in [0.5, 0.6) is 5.75 Å². The molecule has 0 fully saturated rings. The summed E-state index contributed by atoms with van der Waals surface area (Å²) in [7, 11) is 1.61. The summed E-state index contributed by atoms with van der Waals surface area (Å²) in [5, 5.41) is 3.60. The van der Waals surface area contributed by atoms with E-state index in [-0.39, 0.29) is 11.2 Å². The standard InChI is InChI=1S/C13H15N3O3S/c1-8(12(14)17)20-7-11-15-13(19-16-11)9-3-5-10(18-2)6-4-9/h3-6,8H,7H2,1-2H3,(H2,14,17)/t8-/m1/s1. The maximum absolute atomic E-state index is 10.9. The Labute approximate surface area is 120 Å². The molecular weight excluding hydrogens is 278 g/mol. The number of primary amides is 1. The largest absolute Gasteiger partial charge is 0.497 e. The first kappa shape index (κ1) is 14.4. The van der Waals surface area contributed by atoms with E-state index in [1.165, 1.54) is 11.8 Å². The first-order valence-corrected chi connectivity index (χ1v) is 7.03. The summed E-state index contributed by atoms with van der Waals surface area (Å²) in [4.78, 5) is 15.2. The monoisotopic (exact) mass is 293 g/mol. The molecule has 1 heterocycles. The molecule has 1 aromatic heterocycles. The molecule has 7 heteroatoms. The number of benzene rings is 1. The Kier molecular flexibility index (Phi) is 4.62. The first-order valence-electron chi connectivity index (χ1n) is 5.98. The fourth-order valence-electron chi connectivity index (χ4n) is 1.45. The van der Waals surface area contributed by atoms with E-state index in [2.05, 4.69) is 10.1 Å². The summed E-state index contributed by atoms with van der Waals surface area (Å²) in [6.45, 7) is 1.75. The zero-order valence-electron chi connectivity index (χ0n) is 11.2. The van der Waals surface area contributed by atoms with Gasteiger partial charge in [-0.1, -0.05) is 5.16 Å². The van der Waals surface area contributed by atoms with Gasteiger partial charge in [-0.3, -0.25) is 4.79 Å². The van der Waals surface area contributed by atoms with Crippen LogP contribution in [0.4, 0.5) is 0 Å². The van der Waals surface area contributed by atoms with Gasteiger partial charge in [0.2, 0.25) is 5.91 Å². The third kappa shape index (κ3) is 3.51. The van der Waals surface area contributed by atoms with Gasteiger partial charge in [-0.2, -0.15) is 4.98 Å². The second kappa shape index (κ2) is 6.42. The molecule has 106 valence electrons. The number of ether oxygens (including phenoxy) is 1. The number of methoxy groups -OCH3 is 1. The van der Waals surface area contributed by atoms with Gasteiger partial charge in [0.1, 0.15) is 5.75 Å². The summed E-state index contributed by atoms with van der Waals surface area (Å²) in [6.07, 6.45) is 0. The van der Waals surface area contributed by atoms with Crippen LogP contribution in [0.1, 0.15) is 12.7 Å². The Bertz CT molecular complexity index is 583. The van der Waals surface area contributed by atoms with E-state index in [1.54, 1.807) is 14.0 Å². The van der Waals surface area contributed by atoms with E-state index in [1.807, 2.05) is 24.3 Å². The third-order valence-electron chi connectivity index (χ3n) is 2.67. The van der Waals surface area contributed by atoms with Gasteiger partial charge in [0.25, 0.3) is 5.89 Å². The molecule has 2 N–H and O–H groups in total. The molecule has 0 aliphatic rings. The summed E-state index contributed by atoms with van der Waals surface area (Å²) in [5.74, 6) is 1.86. The lowest BCUT2D eigenvalue weighted by Gasteiger charge is -2.03. The van der Waals surface area contributed by atoms with Crippen molar-refractivity contribution < 1.29 is 14.1 Å².